The zero-order chi connectivity index (χ0) is 12.6. The van der Waals surface area contributed by atoms with Crippen LogP contribution in [0.5, 0.6) is 0 Å². The molecule has 0 saturated heterocycles. The number of amides is 1. The molecule has 0 atom stereocenters. The van der Waals surface area contributed by atoms with Crippen LogP contribution in [0.15, 0.2) is 12.4 Å². The number of methoxy groups -OCH3 is 2. The summed E-state index contributed by atoms with van der Waals surface area (Å²) >= 11 is 0. The second kappa shape index (κ2) is 8.06. The van der Waals surface area contributed by atoms with E-state index < -0.39 is 18.2 Å². The van der Waals surface area contributed by atoms with Crippen molar-refractivity contribution >= 4 is 6.09 Å². The van der Waals surface area contributed by atoms with E-state index in [1.165, 1.54) is 14.2 Å². The van der Waals surface area contributed by atoms with Gasteiger partial charge in [0, 0.05) is 14.2 Å². The van der Waals surface area contributed by atoms with E-state index in [-0.39, 0.29) is 19.7 Å². The lowest BCUT2D eigenvalue weighted by Gasteiger charge is -2.24. The fraction of sp³-hybridized carbons (Fsp3) is 0.700. The standard InChI is InChI=1S/C10H18FNO4/c1-5-16-10(13)12(6-8(2)11)7-9(14-3)15-4/h9H,2,5-7H2,1,3-4H3. The Labute approximate surface area is 94.8 Å². The number of hydrogen-bond donors (Lipinski definition) is 0. The maximum Gasteiger partial charge on any atom is 0.410 e. The Morgan fingerprint density at radius 1 is 1.44 bits per heavy atom. The van der Waals surface area contributed by atoms with Crippen LogP contribution in [-0.4, -0.2) is 51.2 Å². The molecule has 1 amide bonds. The van der Waals surface area contributed by atoms with Crippen LogP contribution < -0.4 is 0 Å². The zero-order valence-corrected chi connectivity index (χ0v) is 9.86. The lowest BCUT2D eigenvalue weighted by molar-refractivity contribution is -0.113. The second-order valence-corrected chi connectivity index (χ2v) is 3.00. The normalized spacial score (nSPS) is 10.3. The van der Waals surface area contributed by atoms with Crippen molar-refractivity contribution in [3.05, 3.63) is 12.4 Å². The molecule has 5 nitrogen and oxygen atoms in total. The fourth-order valence-corrected chi connectivity index (χ4v) is 1.05. The second-order valence-electron chi connectivity index (χ2n) is 3.00. The van der Waals surface area contributed by atoms with E-state index in [9.17, 15) is 9.18 Å². The van der Waals surface area contributed by atoms with Crippen molar-refractivity contribution in [3.63, 3.8) is 0 Å². The van der Waals surface area contributed by atoms with Gasteiger partial charge in [0.25, 0.3) is 0 Å². The average Bonchev–Trinajstić information content (AvgIpc) is 2.23. The molecule has 94 valence electrons. The number of rotatable bonds is 7. The van der Waals surface area contributed by atoms with Crippen LogP contribution >= 0.6 is 0 Å². The molecule has 0 saturated carbocycles. The highest BCUT2D eigenvalue weighted by molar-refractivity contribution is 5.67. The highest BCUT2D eigenvalue weighted by Gasteiger charge is 2.20. The van der Waals surface area contributed by atoms with Gasteiger partial charge in [-0.05, 0) is 6.92 Å². The summed E-state index contributed by atoms with van der Waals surface area (Å²) in [7, 11) is 2.86. The predicted octanol–water partition coefficient (Wildman–Crippen LogP) is 1.55. The largest absolute Gasteiger partial charge is 0.450 e. The molecule has 0 aromatic rings. The molecule has 0 aliphatic carbocycles. The molecule has 6 heteroatoms. The molecule has 0 aliphatic rings. The molecule has 16 heavy (non-hydrogen) atoms. The van der Waals surface area contributed by atoms with Crippen molar-refractivity contribution in [3.8, 4) is 0 Å². The van der Waals surface area contributed by atoms with Crippen molar-refractivity contribution in [2.75, 3.05) is 33.9 Å². The number of halogens is 1. The van der Waals surface area contributed by atoms with Gasteiger partial charge in [0.1, 0.15) is 5.83 Å². The van der Waals surface area contributed by atoms with E-state index in [4.69, 9.17) is 14.2 Å². The van der Waals surface area contributed by atoms with Gasteiger partial charge in [-0.25, -0.2) is 9.18 Å². The highest BCUT2D eigenvalue weighted by Crippen LogP contribution is 2.04. The summed E-state index contributed by atoms with van der Waals surface area (Å²) in [6, 6.07) is 0. The van der Waals surface area contributed by atoms with Crippen LogP contribution in [0.1, 0.15) is 6.92 Å². The van der Waals surface area contributed by atoms with E-state index in [0.717, 1.165) is 4.90 Å². The lowest BCUT2D eigenvalue weighted by Crippen LogP contribution is -2.40. The van der Waals surface area contributed by atoms with Crippen LogP contribution in [0, 0.1) is 0 Å². The Kier molecular flexibility index (Phi) is 7.49. The third-order valence-corrected chi connectivity index (χ3v) is 1.78. The quantitative estimate of drug-likeness (QED) is 0.628. The molecule has 0 fully saturated rings. The van der Waals surface area contributed by atoms with Crippen LogP contribution in [0.3, 0.4) is 0 Å². The Hall–Kier alpha value is -1.14. The Morgan fingerprint density at radius 3 is 2.38 bits per heavy atom. The van der Waals surface area contributed by atoms with Crippen LogP contribution in [0.2, 0.25) is 0 Å². The van der Waals surface area contributed by atoms with E-state index in [1.807, 2.05) is 0 Å². The molecule has 0 aromatic carbocycles. The van der Waals surface area contributed by atoms with Crippen molar-refractivity contribution in [2.24, 2.45) is 0 Å². The van der Waals surface area contributed by atoms with E-state index in [0.29, 0.717) is 0 Å². The summed E-state index contributed by atoms with van der Waals surface area (Å²) in [6.45, 7) is 4.83. The average molecular weight is 235 g/mol. The van der Waals surface area contributed by atoms with E-state index in [1.54, 1.807) is 6.92 Å². The third kappa shape index (κ3) is 5.67. The molecule has 0 aromatic heterocycles. The number of hydrogen-bond acceptors (Lipinski definition) is 4. The molecule has 0 spiro atoms. The lowest BCUT2D eigenvalue weighted by atomic mass is 10.4. The first kappa shape index (κ1) is 14.9. The van der Waals surface area contributed by atoms with Gasteiger partial charge in [-0.3, -0.25) is 4.90 Å². The summed E-state index contributed by atoms with van der Waals surface area (Å²) in [5.74, 6) is -0.626. The molecular weight excluding hydrogens is 217 g/mol. The van der Waals surface area contributed by atoms with Crippen molar-refractivity contribution in [2.45, 2.75) is 13.2 Å². The van der Waals surface area contributed by atoms with Crippen LogP contribution in [0.4, 0.5) is 9.18 Å². The maximum absolute atomic E-state index is 12.7. The molecule has 0 heterocycles. The van der Waals surface area contributed by atoms with E-state index in [2.05, 4.69) is 6.58 Å². The van der Waals surface area contributed by atoms with Crippen molar-refractivity contribution < 1.29 is 23.4 Å². The first-order valence-corrected chi connectivity index (χ1v) is 4.85. The summed E-state index contributed by atoms with van der Waals surface area (Å²) in [5, 5.41) is 0. The van der Waals surface area contributed by atoms with Gasteiger partial charge < -0.3 is 14.2 Å². The molecule has 0 rings (SSSR count). The Morgan fingerprint density at radius 2 is 2.00 bits per heavy atom. The Balaban J connectivity index is 4.40. The molecule has 0 bridgehead atoms. The monoisotopic (exact) mass is 235 g/mol. The number of nitrogens with zero attached hydrogens (tertiary/aromatic N) is 1. The van der Waals surface area contributed by atoms with Crippen molar-refractivity contribution in [1.82, 2.24) is 4.90 Å². The topological polar surface area (TPSA) is 48.0 Å². The summed E-state index contributed by atoms with van der Waals surface area (Å²) in [4.78, 5) is 12.6. The SMILES string of the molecule is C=C(F)CN(CC(OC)OC)C(=O)OCC. The van der Waals surface area contributed by atoms with Gasteiger partial charge in [0.2, 0.25) is 0 Å². The van der Waals surface area contributed by atoms with E-state index >= 15 is 0 Å². The smallest absolute Gasteiger partial charge is 0.410 e. The van der Waals surface area contributed by atoms with Gasteiger partial charge in [0.05, 0.1) is 19.7 Å². The molecule has 0 aliphatic heterocycles. The summed E-state index contributed by atoms with van der Waals surface area (Å²) in [5.41, 5.74) is 0. The fourth-order valence-electron chi connectivity index (χ4n) is 1.05. The Bertz CT molecular complexity index is 231. The van der Waals surface area contributed by atoms with Crippen LogP contribution in [0.25, 0.3) is 0 Å². The first-order chi connectivity index (χ1) is 7.54. The van der Waals surface area contributed by atoms with Crippen molar-refractivity contribution in [1.29, 1.82) is 0 Å². The van der Waals surface area contributed by atoms with Gasteiger partial charge in [-0.15, -0.1) is 0 Å². The maximum atomic E-state index is 12.7. The van der Waals surface area contributed by atoms with Gasteiger partial charge in [-0.1, -0.05) is 6.58 Å². The van der Waals surface area contributed by atoms with Gasteiger partial charge in [0.15, 0.2) is 6.29 Å². The van der Waals surface area contributed by atoms with Gasteiger partial charge >= 0.3 is 6.09 Å². The number of carbonyl (C=O) groups is 1. The first-order valence-electron chi connectivity index (χ1n) is 4.85. The zero-order valence-electron chi connectivity index (χ0n) is 9.86. The van der Waals surface area contributed by atoms with Gasteiger partial charge in [-0.2, -0.15) is 0 Å². The minimum absolute atomic E-state index is 0.0781. The number of ether oxygens (including phenoxy) is 3. The molecule has 0 unspecified atom stereocenters. The highest BCUT2D eigenvalue weighted by atomic mass is 19.1. The number of carbonyl (C=O) groups excluding carboxylic acids is 1. The molecule has 0 N–H and O–H groups in total. The molecular formula is C10H18FNO4. The predicted molar refractivity (Wildman–Crippen MR) is 56.6 cm³/mol. The minimum Gasteiger partial charge on any atom is -0.450 e. The summed E-state index contributed by atoms with van der Waals surface area (Å²) < 4.78 is 27.3. The molecule has 0 radical (unpaired) electrons. The third-order valence-electron chi connectivity index (χ3n) is 1.78. The van der Waals surface area contributed by atoms with Crippen LogP contribution in [-0.2, 0) is 14.2 Å². The summed E-state index contributed by atoms with van der Waals surface area (Å²) in [6.07, 6.45) is -1.25. The minimum atomic E-state index is -0.626.